The number of hydrogen-bond acceptors (Lipinski definition) is 5. The van der Waals surface area contributed by atoms with Gasteiger partial charge in [0.05, 0.1) is 17.5 Å². The second-order valence-electron chi connectivity index (χ2n) is 7.74. The smallest absolute Gasteiger partial charge is 0.270 e. The third-order valence-electron chi connectivity index (χ3n) is 5.62. The van der Waals surface area contributed by atoms with Crippen LogP contribution in [0.2, 0.25) is 0 Å². The lowest BCUT2D eigenvalue weighted by Gasteiger charge is -2.31. The minimum Gasteiger partial charge on any atom is -0.338 e. The van der Waals surface area contributed by atoms with Gasteiger partial charge >= 0.3 is 0 Å². The summed E-state index contributed by atoms with van der Waals surface area (Å²) in [5.74, 6) is -0.440. The van der Waals surface area contributed by atoms with E-state index < -0.39 is 15.9 Å². The van der Waals surface area contributed by atoms with Crippen molar-refractivity contribution in [1.29, 1.82) is 0 Å². The normalized spacial score (nSPS) is 22.7. The Bertz CT molecular complexity index is 910. The van der Waals surface area contributed by atoms with E-state index in [0.29, 0.717) is 12.1 Å². The third-order valence-corrected chi connectivity index (χ3v) is 7.37. The summed E-state index contributed by atoms with van der Waals surface area (Å²) in [5.41, 5.74) is 2.70. The molecule has 1 saturated heterocycles. The van der Waals surface area contributed by atoms with Crippen molar-refractivity contribution in [3.63, 3.8) is 0 Å². The first-order valence-corrected chi connectivity index (χ1v) is 11.4. The zero-order valence-electron chi connectivity index (χ0n) is 16.6. The standard InChI is InChI=1S/C20H27N3O4S/c1-14-6-4-5-7-16(14)12-15(2)22(3)20(25)18-8-9-19(24)23(21-18)17-10-11-28(26,27)13-17/h4-7,15,17H,8-13H2,1-3H3/t15-,17+/m0/s1. The SMILES string of the molecule is Cc1ccccc1C[C@H](C)N(C)C(=O)C1=NN([C@@H]2CCS(=O)(=O)C2)C(=O)CC1. The molecule has 2 aliphatic heterocycles. The summed E-state index contributed by atoms with van der Waals surface area (Å²) in [6.07, 6.45) is 1.57. The van der Waals surface area contributed by atoms with Crippen LogP contribution in [0, 0.1) is 6.92 Å². The Morgan fingerprint density at radius 2 is 2.04 bits per heavy atom. The molecule has 1 fully saturated rings. The van der Waals surface area contributed by atoms with E-state index in [1.165, 1.54) is 16.1 Å². The number of carbonyl (C=O) groups is 2. The molecule has 2 amide bonds. The van der Waals surface area contributed by atoms with E-state index in [2.05, 4.69) is 11.2 Å². The van der Waals surface area contributed by atoms with Crippen molar-refractivity contribution in [2.24, 2.45) is 5.10 Å². The Kier molecular flexibility index (Phi) is 5.88. The van der Waals surface area contributed by atoms with Crippen molar-refractivity contribution in [3.05, 3.63) is 35.4 Å². The van der Waals surface area contributed by atoms with Crippen molar-refractivity contribution >= 4 is 27.4 Å². The average molecular weight is 406 g/mol. The number of benzene rings is 1. The van der Waals surface area contributed by atoms with E-state index in [4.69, 9.17) is 0 Å². The van der Waals surface area contributed by atoms with Crippen LogP contribution in [0.1, 0.15) is 37.3 Å². The van der Waals surface area contributed by atoms with Crippen LogP contribution in [0.5, 0.6) is 0 Å². The van der Waals surface area contributed by atoms with Crippen LogP contribution in [0.25, 0.3) is 0 Å². The molecule has 0 N–H and O–H groups in total. The van der Waals surface area contributed by atoms with Gasteiger partial charge in [0.2, 0.25) is 5.91 Å². The topological polar surface area (TPSA) is 87.1 Å². The number of sulfone groups is 1. The van der Waals surface area contributed by atoms with E-state index >= 15 is 0 Å². The monoisotopic (exact) mass is 405 g/mol. The summed E-state index contributed by atoms with van der Waals surface area (Å²) >= 11 is 0. The fourth-order valence-corrected chi connectivity index (χ4v) is 5.37. The average Bonchev–Trinajstić information content (AvgIpc) is 3.02. The van der Waals surface area contributed by atoms with Gasteiger partial charge in [-0.15, -0.1) is 0 Å². The van der Waals surface area contributed by atoms with Crippen LogP contribution < -0.4 is 0 Å². The molecule has 2 aliphatic rings. The van der Waals surface area contributed by atoms with Gasteiger partial charge in [-0.25, -0.2) is 13.4 Å². The van der Waals surface area contributed by atoms with Gasteiger partial charge in [0.1, 0.15) is 5.71 Å². The van der Waals surface area contributed by atoms with Crippen LogP contribution in [0.15, 0.2) is 29.4 Å². The third kappa shape index (κ3) is 4.43. The molecule has 2 atom stereocenters. The highest BCUT2D eigenvalue weighted by Gasteiger charge is 2.37. The van der Waals surface area contributed by atoms with Crippen molar-refractivity contribution < 1.29 is 18.0 Å². The first-order valence-electron chi connectivity index (χ1n) is 9.59. The number of nitrogens with zero attached hydrogens (tertiary/aromatic N) is 3. The Hall–Kier alpha value is -2.22. The molecule has 0 spiro atoms. The largest absolute Gasteiger partial charge is 0.338 e. The second kappa shape index (κ2) is 8.03. The lowest BCUT2D eigenvalue weighted by Crippen LogP contribution is -2.46. The maximum atomic E-state index is 12.9. The summed E-state index contributed by atoms with van der Waals surface area (Å²) in [6, 6.07) is 7.59. The summed E-state index contributed by atoms with van der Waals surface area (Å²) in [6.45, 7) is 4.04. The molecule has 0 bridgehead atoms. The van der Waals surface area contributed by atoms with Crippen molar-refractivity contribution in [2.75, 3.05) is 18.6 Å². The number of aryl methyl sites for hydroxylation is 1. The van der Waals surface area contributed by atoms with E-state index in [1.807, 2.05) is 32.0 Å². The Labute approximate surface area is 166 Å². The maximum Gasteiger partial charge on any atom is 0.270 e. The van der Waals surface area contributed by atoms with Gasteiger partial charge in [0.25, 0.3) is 5.91 Å². The Balaban J connectivity index is 1.72. The van der Waals surface area contributed by atoms with Crippen molar-refractivity contribution in [2.45, 2.75) is 51.6 Å². The Morgan fingerprint density at radius 3 is 2.68 bits per heavy atom. The van der Waals surface area contributed by atoms with E-state index in [9.17, 15) is 18.0 Å². The van der Waals surface area contributed by atoms with Gasteiger partial charge in [0, 0.05) is 25.9 Å². The first kappa shape index (κ1) is 20.5. The highest BCUT2D eigenvalue weighted by atomic mass is 32.2. The molecule has 0 aliphatic carbocycles. The van der Waals surface area contributed by atoms with Gasteiger partial charge in [-0.05, 0) is 37.8 Å². The van der Waals surface area contributed by atoms with Gasteiger partial charge in [-0.3, -0.25) is 9.59 Å². The zero-order valence-corrected chi connectivity index (χ0v) is 17.4. The molecule has 0 aromatic heterocycles. The zero-order chi connectivity index (χ0) is 20.5. The summed E-state index contributed by atoms with van der Waals surface area (Å²) < 4.78 is 23.5. The number of hydrazone groups is 1. The predicted octanol–water partition coefficient (Wildman–Crippen LogP) is 1.55. The molecule has 7 nitrogen and oxygen atoms in total. The van der Waals surface area contributed by atoms with E-state index in [0.717, 1.165) is 6.42 Å². The predicted molar refractivity (Wildman–Crippen MR) is 108 cm³/mol. The lowest BCUT2D eigenvalue weighted by atomic mass is 10.0. The lowest BCUT2D eigenvalue weighted by molar-refractivity contribution is -0.134. The molecule has 2 heterocycles. The van der Waals surface area contributed by atoms with Gasteiger partial charge in [-0.1, -0.05) is 24.3 Å². The number of amides is 2. The summed E-state index contributed by atoms with van der Waals surface area (Å²) in [5, 5.41) is 5.52. The van der Waals surface area contributed by atoms with E-state index in [-0.39, 0.29) is 42.2 Å². The summed E-state index contributed by atoms with van der Waals surface area (Å²) in [4.78, 5) is 26.8. The number of rotatable bonds is 5. The highest BCUT2D eigenvalue weighted by Crippen LogP contribution is 2.23. The van der Waals surface area contributed by atoms with Crippen LogP contribution in [0.4, 0.5) is 0 Å². The van der Waals surface area contributed by atoms with Gasteiger partial charge in [0.15, 0.2) is 9.84 Å². The molecular weight excluding hydrogens is 378 g/mol. The molecule has 8 heteroatoms. The minimum atomic E-state index is -3.13. The van der Waals surface area contributed by atoms with Crippen LogP contribution in [-0.2, 0) is 25.8 Å². The maximum absolute atomic E-state index is 12.9. The number of carbonyl (C=O) groups excluding carboxylic acids is 2. The fraction of sp³-hybridized carbons (Fsp3) is 0.550. The quantitative estimate of drug-likeness (QED) is 0.744. The molecule has 1 aromatic rings. The fourth-order valence-electron chi connectivity index (χ4n) is 3.68. The van der Waals surface area contributed by atoms with Gasteiger partial charge in [-0.2, -0.15) is 5.10 Å². The van der Waals surface area contributed by atoms with Crippen LogP contribution in [-0.4, -0.2) is 66.5 Å². The number of hydrogen-bond donors (Lipinski definition) is 0. The van der Waals surface area contributed by atoms with Crippen molar-refractivity contribution in [3.8, 4) is 0 Å². The Morgan fingerprint density at radius 1 is 1.32 bits per heavy atom. The minimum absolute atomic E-state index is 0.0331. The molecular formula is C20H27N3O4S. The van der Waals surface area contributed by atoms with Gasteiger partial charge < -0.3 is 4.90 Å². The molecule has 28 heavy (non-hydrogen) atoms. The van der Waals surface area contributed by atoms with Crippen LogP contribution in [0.3, 0.4) is 0 Å². The molecule has 0 radical (unpaired) electrons. The molecule has 152 valence electrons. The molecule has 1 aromatic carbocycles. The first-order chi connectivity index (χ1) is 13.2. The highest BCUT2D eigenvalue weighted by molar-refractivity contribution is 7.91. The van der Waals surface area contributed by atoms with Crippen LogP contribution >= 0.6 is 0 Å². The second-order valence-corrected chi connectivity index (χ2v) is 9.97. The summed E-state index contributed by atoms with van der Waals surface area (Å²) in [7, 11) is -1.39. The van der Waals surface area contributed by atoms with E-state index in [1.54, 1.807) is 11.9 Å². The van der Waals surface area contributed by atoms with Crippen molar-refractivity contribution in [1.82, 2.24) is 9.91 Å². The molecule has 0 saturated carbocycles. The number of likely N-dealkylation sites (N-methyl/N-ethyl adjacent to an activating group) is 1. The molecule has 3 rings (SSSR count). The molecule has 0 unspecified atom stereocenters.